The van der Waals surface area contributed by atoms with Crippen molar-refractivity contribution in [3.05, 3.63) is 53.0 Å². The van der Waals surface area contributed by atoms with Crippen LogP contribution >= 0.6 is 11.6 Å². The lowest BCUT2D eigenvalue weighted by Crippen LogP contribution is -2.35. The lowest BCUT2D eigenvalue weighted by molar-refractivity contribution is -0.150. The number of ether oxygens (including phenoxy) is 3. The maximum atomic E-state index is 12.0. The number of carbonyl (C=O) groups excluding carboxylic acids is 2. The highest BCUT2D eigenvalue weighted by Crippen LogP contribution is 2.36. The van der Waals surface area contributed by atoms with Crippen molar-refractivity contribution in [2.45, 2.75) is 26.5 Å². The number of halogens is 1. The Morgan fingerprint density at radius 1 is 1.36 bits per heavy atom. The van der Waals surface area contributed by atoms with Crippen molar-refractivity contribution in [2.24, 2.45) is 0 Å². The minimum absolute atomic E-state index is 0.216. The Hall–Kier alpha value is -2.93. The number of rotatable bonds is 9. The zero-order valence-corrected chi connectivity index (χ0v) is 16.6. The summed E-state index contributed by atoms with van der Waals surface area (Å²) < 4.78 is 20.9. The maximum absolute atomic E-state index is 12.0. The van der Waals surface area contributed by atoms with E-state index < -0.39 is 18.0 Å². The average molecular weight is 408 g/mol. The molecule has 2 rings (SSSR count). The van der Waals surface area contributed by atoms with Crippen LogP contribution in [0, 0.1) is 0 Å². The normalized spacial score (nSPS) is 11.9. The number of methoxy groups -OCH3 is 1. The summed E-state index contributed by atoms with van der Waals surface area (Å²) in [6, 6.07) is 6.78. The first-order chi connectivity index (χ1) is 13.4. The Kier molecular flexibility index (Phi) is 7.95. The molecule has 1 amide bonds. The van der Waals surface area contributed by atoms with E-state index in [1.807, 2.05) is 6.92 Å². The standard InChI is InChI=1S/C20H22ClNO6/c1-4-26-17-11-14(10-16(21)19(17)25-3)7-8-18(23)28-13(2)20(24)22-12-15-6-5-9-27-15/h5-11,13H,4,12H2,1-3H3,(H,22,24)/b8-7+. The molecular formula is C20H22ClNO6. The van der Waals surface area contributed by atoms with E-state index in [4.69, 9.17) is 30.2 Å². The largest absolute Gasteiger partial charge is 0.491 e. The molecule has 1 unspecified atom stereocenters. The highest BCUT2D eigenvalue weighted by atomic mass is 35.5. The molecule has 0 saturated carbocycles. The first-order valence-corrected chi connectivity index (χ1v) is 9.01. The quantitative estimate of drug-likeness (QED) is 0.504. The van der Waals surface area contributed by atoms with Crippen LogP contribution < -0.4 is 14.8 Å². The molecule has 1 aromatic carbocycles. The number of hydrogen-bond acceptors (Lipinski definition) is 6. The molecule has 2 aromatic rings. The summed E-state index contributed by atoms with van der Waals surface area (Å²) >= 11 is 6.17. The van der Waals surface area contributed by atoms with Crippen LogP contribution in [0.25, 0.3) is 6.08 Å². The summed E-state index contributed by atoms with van der Waals surface area (Å²) in [6.07, 6.45) is 3.29. The van der Waals surface area contributed by atoms with Gasteiger partial charge in [0.05, 0.1) is 31.5 Å². The third kappa shape index (κ3) is 6.06. The molecule has 8 heteroatoms. The molecule has 7 nitrogen and oxygen atoms in total. The van der Waals surface area contributed by atoms with Crippen LogP contribution in [0.15, 0.2) is 41.0 Å². The number of benzene rings is 1. The summed E-state index contributed by atoms with van der Waals surface area (Å²) in [5, 5.41) is 2.98. The Morgan fingerprint density at radius 2 is 2.14 bits per heavy atom. The van der Waals surface area contributed by atoms with E-state index in [1.54, 1.807) is 24.3 Å². The number of nitrogens with one attached hydrogen (secondary N) is 1. The van der Waals surface area contributed by atoms with Gasteiger partial charge in [0.15, 0.2) is 17.6 Å². The predicted molar refractivity (Wildman–Crippen MR) is 104 cm³/mol. The van der Waals surface area contributed by atoms with Crippen LogP contribution in [0.1, 0.15) is 25.2 Å². The van der Waals surface area contributed by atoms with Gasteiger partial charge in [-0.15, -0.1) is 0 Å². The Morgan fingerprint density at radius 3 is 2.79 bits per heavy atom. The molecule has 1 aromatic heterocycles. The number of furan rings is 1. The topological polar surface area (TPSA) is 87.0 Å². The monoisotopic (exact) mass is 407 g/mol. The van der Waals surface area contributed by atoms with Gasteiger partial charge >= 0.3 is 5.97 Å². The van der Waals surface area contributed by atoms with E-state index in [0.29, 0.717) is 34.5 Å². The van der Waals surface area contributed by atoms with Gasteiger partial charge in [-0.05, 0) is 49.8 Å². The van der Waals surface area contributed by atoms with E-state index in [-0.39, 0.29) is 6.54 Å². The highest BCUT2D eigenvalue weighted by molar-refractivity contribution is 6.32. The fourth-order valence-electron chi connectivity index (χ4n) is 2.31. The van der Waals surface area contributed by atoms with E-state index in [0.717, 1.165) is 0 Å². The molecule has 0 bridgehead atoms. The summed E-state index contributed by atoms with van der Waals surface area (Å²) in [5.41, 5.74) is 0.626. The molecule has 0 radical (unpaired) electrons. The number of hydrogen-bond donors (Lipinski definition) is 1. The molecule has 1 atom stereocenters. The van der Waals surface area contributed by atoms with Gasteiger partial charge < -0.3 is 23.9 Å². The van der Waals surface area contributed by atoms with Crippen LogP contribution in [0.5, 0.6) is 11.5 Å². The van der Waals surface area contributed by atoms with Crippen molar-refractivity contribution < 1.29 is 28.2 Å². The lowest BCUT2D eigenvalue weighted by Gasteiger charge is -2.12. The summed E-state index contributed by atoms with van der Waals surface area (Å²) in [4.78, 5) is 24.0. The Balaban J connectivity index is 1.94. The maximum Gasteiger partial charge on any atom is 0.331 e. The fourth-order valence-corrected chi connectivity index (χ4v) is 2.60. The van der Waals surface area contributed by atoms with E-state index in [9.17, 15) is 9.59 Å². The lowest BCUT2D eigenvalue weighted by atomic mass is 10.2. The van der Waals surface area contributed by atoms with Gasteiger partial charge in [-0.2, -0.15) is 0 Å². The molecule has 1 N–H and O–H groups in total. The molecule has 1 heterocycles. The number of amides is 1. The molecular weight excluding hydrogens is 386 g/mol. The van der Waals surface area contributed by atoms with Crippen LogP contribution in [-0.4, -0.2) is 31.7 Å². The van der Waals surface area contributed by atoms with Crippen LogP contribution in [0.2, 0.25) is 5.02 Å². The number of esters is 1. The van der Waals surface area contributed by atoms with Crippen molar-refractivity contribution in [1.29, 1.82) is 0 Å². The highest BCUT2D eigenvalue weighted by Gasteiger charge is 2.17. The second-order valence-electron chi connectivity index (χ2n) is 5.68. The third-order valence-electron chi connectivity index (χ3n) is 3.63. The molecule has 0 spiro atoms. The zero-order valence-electron chi connectivity index (χ0n) is 15.9. The molecule has 0 aliphatic rings. The summed E-state index contributed by atoms with van der Waals surface area (Å²) in [5.74, 6) is 0.407. The van der Waals surface area contributed by atoms with Crippen molar-refractivity contribution in [2.75, 3.05) is 13.7 Å². The molecule has 0 aliphatic carbocycles. The first-order valence-electron chi connectivity index (χ1n) is 8.63. The van der Waals surface area contributed by atoms with Gasteiger partial charge in [-0.25, -0.2) is 4.79 Å². The van der Waals surface area contributed by atoms with Crippen molar-refractivity contribution in [1.82, 2.24) is 5.32 Å². The average Bonchev–Trinajstić information content (AvgIpc) is 3.18. The first kappa shape index (κ1) is 21.4. The van der Waals surface area contributed by atoms with Gasteiger partial charge in [-0.1, -0.05) is 11.6 Å². The summed E-state index contributed by atoms with van der Waals surface area (Å²) in [7, 11) is 1.49. The minimum atomic E-state index is -0.953. The van der Waals surface area contributed by atoms with Crippen molar-refractivity contribution in [3.8, 4) is 11.5 Å². The molecule has 0 saturated heterocycles. The van der Waals surface area contributed by atoms with Crippen LogP contribution in [-0.2, 0) is 20.9 Å². The minimum Gasteiger partial charge on any atom is -0.491 e. The van der Waals surface area contributed by atoms with E-state index in [2.05, 4.69) is 5.32 Å². The molecule has 28 heavy (non-hydrogen) atoms. The molecule has 0 aliphatic heterocycles. The Labute approximate surface area is 168 Å². The predicted octanol–water partition coefficient (Wildman–Crippen LogP) is 3.60. The van der Waals surface area contributed by atoms with Crippen molar-refractivity contribution in [3.63, 3.8) is 0 Å². The fraction of sp³-hybridized carbons (Fsp3) is 0.300. The Bertz CT molecular complexity index is 831. The number of carbonyl (C=O) groups is 2. The van der Waals surface area contributed by atoms with E-state index in [1.165, 1.54) is 32.4 Å². The van der Waals surface area contributed by atoms with Gasteiger partial charge in [0.25, 0.3) is 5.91 Å². The second kappa shape index (κ2) is 10.4. The van der Waals surface area contributed by atoms with Crippen LogP contribution in [0.4, 0.5) is 0 Å². The smallest absolute Gasteiger partial charge is 0.331 e. The third-order valence-corrected chi connectivity index (χ3v) is 3.91. The van der Waals surface area contributed by atoms with Gasteiger partial charge in [0.1, 0.15) is 5.76 Å². The van der Waals surface area contributed by atoms with Crippen LogP contribution in [0.3, 0.4) is 0 Å². The molecule has 150 valence electrons. The summed E-state index contributed by atoms with van der Waals surface area (Å²) in [6.45, 7) is 3.98. The second-order valence-corrected chi connectivity index (χ2v) is 6.08. The molecule has 0 fully saturated rings. The SMILES string of the molecule is CCOc1cc(/C=C/C(=O)OC(C)C(=O)NCc2ccco2)cc(Cl)c1OC. The van der Waals surface area contributed by atoms with Gasteiger partial charge in [0.2, 0.25) is 0 Å². The van der Waals surface area contributed by atoms with E-state index >= 15 is 0 Å². The zero-order chi connectivity index (χ0) is 20.5. The van der Waals surface area contributed by atoms with Crippen molar-refractivity contribution >= 4 is 29.6 Å². The van der Waals surface area contributed by atoms with Gasteiger partial charge in [-0.3, -0.25) is 4.79 Å². The van der Waals surface area contributed by atoms with Gasteiger partial charge in [0, 0.05) is 6.08 Å².